The predicted molar refractivity (Wildman–Crippen MR) is 60.8 cm³/mol. The number of aliphatic hydroxyl groups is 1. The highest BCUT2D eigenvalue weighted by Crippen LogP contribution is 2.25. The van der Waals surface area contributed by atoms with Crippen LogP contribution in [-0.2, 0) is 4.74 Å². The molecule has 1 unspecified atom stereocenters. The Hall–Kier alpha value is -1.46. The van der Waals surface area contributed by atoms with Crippen molar-refractivity contribution in [1.29, 1.82) is 0 Å². The third-order valence-electron chi connectivity index (χ3n) is 2.80. The lowest BCUT2D eigenvalue weighted by Gasteiger charge is -2.34. The molecule has 2 rings (SSSR count). The number of hydrogen-bond donors (Lipinski definition) is 1. The molecule has 5 heteroatoms. The summed E-state index contributed by atoms with van der Waals surface area (Å²) in [5, 5.41) is 9.04. The Morgan fingerprint density at radius 2 is 2.41 bits per heavy atom. The van der Waals surface area contributed by atoms with Gasteiger partial charge in [-0.05, 0) is 12.1 Å². The molecular formula is C12H14FNO3. The summed E-state index contributed by atoms with van der Waals surface area (Å²) in [6, 6.07) is 4.41. The van der Waals surface area contributed by atoms with E-state index in [9.17, 15) is 9.18 Å². The number of carbonyl (C=O) groups is 1. The number of halogens is 1. The van der Waals surface area contributed by atoms with Gasteiger partial charge in [0, 0.05) is 18.7 Å². The van der Waals surface area contributed by atoms with E-state index in [-0.39, 0.29) is 12.7 Å². The van der Waals surface area contributed by atoms with Gasteiger partial charge in [-0.1, -0.05) is 6.07 Å². The molecule has 1 atom stereocenters. The average molecular weight is 239 g/mol. The quantitative estimate of drug-likeness (QED) is 0.794. The van der Waals surface area contributed by atoms with Gasteiger partial charge in [0.1, 0.15) is 5.82 Å². The molecule has 0 saturated carbocycles. The van der Waals surface area contributed by atoms with Crippen LogP contribution in [0.25, 0.3) is 0 Å². The van der Waals surface area contributed by atoms with Gasteiger partial charge in [-0.2, -0.15) is 0 Å². The van der Waals surface area contributed by atoms with Gasteiger partial charge < -0.3 is 14.7 Å². The minimum atomic E-state index is -0.423. The Morgan fingerprint density at radius 1 is 1.59 bits per heavy atom. The number of carbonyl (C=O) groups excluding carboxylic acids is 1. The molecule has 1 fully saturated rings. The molecular weight excluding hydrogens is 225 g/mol. The SMILES string of the molecule is O=Cc1cccc(F)c1N1CCOC(CO)C1. The summed E-state index contributed by atoms with van der Waals surface area (Å²) in [5.74, 6) is -0.423. The monoisotopic (exact) mass is 239 g/mol. The molecule has 1 aromatic carbocycles. The molecule has 0 radical (unpaired) electrons. The number of nitrogens with zero attached hydrogens (tertiary/aromatic N) is 1. The van der Waals surface area contributed by atoms with Gasteiger partial charge in [0.05, 0.1) is 25.0 Å². The molecule has 0 bridgehead atoms. The number of aldehydes is 1. The van der Waals surface area contributed by atoms with E-state index >= 15 is 0 Å². The van der Waals surface area contributed by atoms with Gasteiger partial charge >= 0.3 is 0 Å². The van der Waals surface area contributed by atoms with Gasteiger partial charge in [0.15, 0.2) is 6.29 Å². The van der Waals surface area contributed by atoms with Crippen LogP contribution >= 0.6 is 0 Å². The third kappa shape index (κ3) is 2.45. The molecule has 1 aromatic rings. The molecule has 0 aliphatic carbocycles. The van der Waals surface area contributed by atoms with Crippen LogP contribution in [0.2, 0.25) is 0 Å². The topological polar surface area (TPSA) is 49.8 Å². The van der Waals surface area contributed by atoms with Crippen LogP contribution in [0.5, 0.6) is 0 Å². The minimum Gasteiger partial charge on any atom is -0.394 e. The van der Waals surface area contributed by atoms with Gasteiger partial charge in [-0.15, -0.1) is 0 Å². The number of aliphatic hydroxyl groups excluding tert-OH is 1. The lowest BCUT2D eigenvalue weighted by Crippen LogP contribution is -2.44. The molecule has 1 saturated heterocycles. The Balaban J connectivity index is 2.29. The van der Waals surface area contributed by atoms with Crippen LogP contribution in [-0.4, -0.2) is 43.8 Å². The van der Waals surface area contributed by atoms with Gasteiger partial charge in [-0.3, -0.25) is 4.79 Å². The first kappa shape index (κ1) is 12.0. The lowest BCUT2D eigenvalue weighted by molar-refractivity contribution is 0.00338. The van der Waals surface area contributed by atoms with Crippen molar-refractivity contribution in [2.75, 3.05) is 31.2 Å². The van der Waals surface area contributed by atoms with Crippen molar-refractivity contribution in [3.63, 3.8) is 0 Å². The summed E-state index contributed by atoms with van der Waals surface area (Å²) in [7, 11) is 0. The zero-order chi connectivity index (χ0) is 12.3. The van der Waals surface area contributed by atoms with E-state index < -0.39 is 5.82 Å². The van der Waals surface area contributed by atoms with Crippen LogP contribution in [0.1, 0.15) is 10.4 Å². The summed E-state index contributed by atoms with van der Waals surface area (Å²) in [5.41, 5.74) is 0.618. The van der Waals surface area contributed by atoms with Crippen LogP contribution < -0.4 is 4.90 Å². The molecule has 0 spiro atoms. The van der Waals surface area contributed by atoms with E-state index in [1.807, 2.05) is 0 Å². The predicted octanol–water partition coefficient (Wildman–Crippen LogP) is 0.836. The Kier molecular flexibility index (Phi) is 3.71. The first-order valence-corrected chi connectivity index (χ1v) is 5.47. The van der Waals surface area contributed by atoms with E-state index in [0.29, 0.717) is 37.2 Å². The van der Waals surface area contributed by atoms with Crippen molar-refractivity contribution in [2.24, 2.45) is 0 Å². The second kappa shape index (κ2) is 5.25. The Labute approximate surface area is 98.6 Å². The summed E-state index contributed by atoms with van der Waals surface area (Å²) in [6.07, 6.45) is 0.310. The van der Waals surface area contributed by atoms with Crippen LogP contribution in [0.15, 0.2) is 18.2 Å². The fourth-order valence-corrected chi connectivity index (χ4v) is 1.99. The minimum absolute atomic E-state index is 0.110. The number of benzene rings is 1. The van der Waals surface area contributed by atoms with Crippen molar-refractivity contribution in [3.8, 4) is 0 Å². The molecule has 0 amide bonds. The molecule has 0 aromatic heterocycles. The summed E-state index contributed by atoms with van der Waals surface area (Å²) in [6.45, 7) is 1.20. The number of hydrogen-bond acceptors (Lipinski definition) is 4. The highest BCUT2D eigenvalue weighted by atomic mass is 19.1. The van der Waals surface area contributed by atoms with E-state index in [1.54, 1.807) is 11.0 Å². The Bertz CT molecular complexity index is 411. The maximum atomic E-state index is 13.7. The number of ether oxygens (including phenoxy) is 1. The summed E-state index contributed by atoms with van der Waals surface area (Å²) >= 11 is 0. The molecule has 1 heterocycles. The first-order chi connectivity index (χ1) is 8.26. The maximum absolute atomic E-state index is 13.7. The molecule has 1 aliphatic rings. The smallest absolute Gasteiger partial charge is 0.152 e. The molecule has 92 valence electrons. The second-order valence-corrected chi connectivity index (χ2v) is 3.92. The van der Waals surface area contributed by atoms with Crippen molar-refractivity contribution in [2.45, 2.75) is 6.10 Å². The van der Waals surface area contributed by atoms with Crippen LogP contribution in [0, 0.1) is 5.82 Å². The van der Waals surface area contributed by atoms with Gasteiger partial charge in [0.25, 0.3) is 0 Å². The van der Waals surface area contributed by atoms with Gasteiger partial charge in [0.2, 0.25) is 0 Å². The van der Waals surface area contributed by atoms with Crippen molar-refractivity contribution in [3.05, 3.63) is 29.6 Å². The Morgan fingerprint density at radius 3 is 3.12 bits per heavy atom. The highest BCUT2D eigenvalue weighted by molar-refractivity contribution is 5.84. The number of morpholine rings is 1. The van der Waals surface area contributed by atoms with Crippen molar-refractivity contribution in [1.82, 2.24) is 0 Å². The molecule has 1 aliphatic heterocycles. The zero-order valence-corrected chi connectivity index (χ0v) is 9.30. The second-order valence-electron chi connectivity index (χ2n) is 3.92. The first-order valence-electron chi connectivity index (χ1n) is 5.47. The van der Waals surface area contributed by atoms with Crippen LogP contribution in [0.3, 0.4) is 0 Å². The normalized spacial score (nSPS) is 20.4. The molecule has 17 heavy (non-hydrogen) atoms. The zero-order valence-electron chi connectivity index (χ0n) is 9.30. The average Bonchev–Trinajstić information content (AvgIpc) is 2.38. The summed E-state index contributed by atoms with van der Waals surface area (Å²) < 4.78 is 19.0. The van der Waals surface area contributed by atoms with E-state index in [1.165, 1.54) is 12.1 Å². The van der Waals surface area contributed by atoms with E-state index in [0.717, 1.165) is 0 Å². The number of anilines is 1. The van der Waals surface area contributed by atoms with Crippen molar-refractivity contribution < 1.29 is 19.0 Å². The lowest BCUT2D eigenvalue weighted by atomic mass is 10.1. The van der Waals surface area contributed by atoms with E-state index in [2.05, 4.69) is 0 Å². The summed E-state index contributed by atoms with van der Waals surface area (Å²) in [4.78, 5) is 12.6. The van der Waals surface area contributed by atoms with E-state index in [4.69, 9.17) is 9.84 Å². The maximum Gasteiger partial charge on any atom is 0.152 e. The number of rotatable bonds is 3. The molecule has 4 nitrogen and oxygen atoms in total. The van der Waals surface area contributed by atoms with Crippen LogP contribution in [0.4, 0.5) is 10.1 Å². The fourth-order valence-electron chi connectivity index (χ4n) is 1.99. The van der Waals surface area contributed by atoms with Gasteiger partial charge in [-0.25, -0.2) is 4.39 Å². The largest absolute Gasteiger partial charge is 0.394 e. The fraction of sp³-hybridized carbons (Fsp3) is 0.417. The third-order valence-corrected chi connectivity index (χ3v) is 2.80. The standard InChI is InChI=1S/C12H14FNO3/c13-11-3-1-2-9(7-15)12(11)14-4-5-17-10(6-14)8-16/h1-3,7,10,16H,4-6,8H2. The van der Waals surface area contributed by atoms with Crippen molar-refractivity contribution >= 4 is 12.0 Å². The highest BCUT2D eigenvalue weighted by Gasteiger charge is 2.23. The molecule has 1 N–H and O–H groups in total. The number of para-hydroxylation sites is 1.